The quantitative estimate of drug-likeness (QED) is 0.824. The Kier molecular flexibility index (Phi) is 4.33. The third-order valence-electron chi connectivity index (χ3n) is 2.42. The molecule has 7 heteroatoms. The number of phenolic OH excluding ortho intramolecular Hbond substituents is 1. The Morgan fingerprint density at radius 2 is 2.00 bits per heavy atom. The van der Waals surface area contributed by atoms with E-state index in [0.717, 1.165) is 10.6 Å². The van der Waals surface area contributed by atoms with Gasteiger partial charge in [-0.15, -0.1) is 11.8 Å². The Hall–Kier alpha value is -0.550. The van der Waals surface area contributed by atoms with E-state index in [2.05, 4.69) is 10.2 Å². The molecule has 0 aliphatic carbocycles. The van der Waals surface area contributed by atoms with Crippen LogP contribution in [0.1, 0.15) is 11.3 Å². The van der Waals surface area contributed by atoms with Gasteiger partial charge in [-0.2, -0.15) is 5.10 Å². The average Bonchev–Trinajstić information content (AvgIpc) is 2.67. The van der Waals surface area contributed by atoms with E-state index in [4.69, 9.17) is 34.8 Å². The predicted octanol–water partition coefficient (Wildman–Crippen LogP) is 4.39. The summed E-state index contributed by atoms with van der Waals surface area (Å²) in [5.41, 5.74) is 1.41. The molecule has 0 saturated heterocycles. The van der Waals surface area contributed by atoms with Crippen LogP contribution in [0.2, 0.25) is 15.1 Å². The number of nitrogens with zero attached hydrogens (tertiary/aromatic N) is 1. The molecule has 2 rings (SSSR count). The number of hydrogen-bond donors (Lipinski definition) is 2. The number of benzene rings is 1. The zero-order valence-corrected chi connectivity index (χ0v) is 12.4. The lowest BCUT2D eigenvalue weighted by Crippen LogP contribution is -1.91. The van der Waals surface area contributed by atoms with Crippen LogP contribution in [-0.2, 0) is 6.42 Å². The second-order valence-electron chi connectivity index (χ2n) is 3.59. The van der Waals surface area contributed by atoms with Crippen molar-refractivity contribution >= 4 is 46.6 Å². The summed E-state index contributed by atoms with van der Waals surface area (Å²) in [7, 11) is 0. The number of aromatic hydroxyl groups is 1. The molecule has 1 aromatic carbocycles. The maximum atomic E-state index is 9.57. The summed E-state index contributed by atoms with van der Waals surface area (Å²) < 4.78 is 0. The van der Waals surface area contributed by atoms with E-state index in [-0.39, 0.29) is 10.8 Å². The van der Waals surface area contributed by atoms with Crippen LogP contribution in [0.4, 0.5) is 0 Å². The molecular formula is C11H9Cl3N2OS. The van der Waals surface area contributed by atoms with Crippen LogP contribution in [0.3, 0.4) is 0 Å². The van der Waals surface area contributed by atoms with Crippen molar-refractivity contribution in [3.63, 3.8) is 0 Å². The van der Waals surface area contributed by atoms with Gasteiger partial charge < -0.3 is 5.11 Å². The first-order chi connectivity index (χ1) is 8.52. The van der Waals surface area contributed by atoms with E-state index in [1.165, 1.54) is 23.9 Å². The summed E-state index contributed by atoms with van der Waals surface area (Å²) in [6.45, 7) is 0. The Morgan fingerprint density at radius 3 is 2.61 bits per heavy atom. The van der Waals surface area contributed by atoms with Gasteiger partial charge in [0.15, 0.2) is 0 Å². The molecule has 0 unspecified atom stereocenters. The van der Waals surface area contributed by atoms with Crippen molar-refractivity contribution in [1.82, 2.24) is 10.2 Å². The molecule has 18 heavy (non-hydrogen) atoms. The fourth-order valence-electron chi connectivity index (χ4n) is 1.50. The number of thioether (sulfide) groups is 1. The Bertz CT molecular complexity index is 586. The van der Waals surface area contributed by atoms with Crippen molar-refractivity contribution in [2.24, 2.45) is 0 Å². The number of aromatic amines is 1. The highest BCUT2D eigenvalue weighted by Gasteiger charge is 2.14. The number of nitrogens with one attached hydrogen (secondary N) is 1. The number of H-pyrrole nitrogens is 1. The first kappa shape index (κ1) is 13.9. The highest BCUT2D eigenvalue weighted by Crippen LogP contribution is 2.33. The Labute approximate surface area is 123 Å². The first-order valence-corrected chi connectivity index (χ1v) is 7.32. The van der Waals surface area contributed by atoms with Crippen LogP contribution in [0.15, 0.2) is 17.2 Å². The van der Waals surface area contributed by atoms with Gasteiger partial charge in [0.1, 0.15) is 10.8 Å². The summed E-state index contributed by atoms with van der Waals surface area (Å²) in [6, 6.07) is 3.03. The van der Waals surface area contributed by atoms with Crippen LogP contribution in [0.25, 0.3) is 0 Å². The fraction of sp³-hybridized carbons (Fsp3) is 0.182. The minimum absolute atomic E-state index is 0.00665. The summed E-state index contributed by atoms with van der Waals surface area (Å²) in [4.78, 5) is 0. The lowest BCUT2D eigenvalue weighted by molar-refractivity contribution is 0.475. The molecule has 0 atom stereocenters. The molecule has 96 valence electrons. The summed E-state index contributed by atoms with van der Waals surface area (Å²) in [5, 5.41) is 18.6. The molecule has 1 heterocycles. The van der Waals surface area contributed by atoms with Gasteiger partial charge in [-0.25, -0.2) is 0 Å². The van der Waals surface area contributed by atoms with Crippen LogP contribution in [-0.4, -0.2) is 21.6 Å². The largest absolute Gasteiger partial charge is 0.506 e. The van der Waals surface area contributed by atoms with Crippen molar-refractivity contribution in [1.29, 1.82) is 0 Å². The van der Waals surface area contributed by atoms with E-state index in [1.54, 1.807) is 0 Å². The van der Waals surface area contributed by atoms with E-state index < -0.39 is 0 Å². The fourth-order valence-corrected chi connectivity index (χ4v) is 2.76. The third kappa shape index (κ3) is 2.72. The monoisotopic (exact) mass is 322 g/mol. The molecule has 0 bridgehead atoms. The van der Waals surface area contributed by atoms with Crippen molar-refractivity contribution in [3.8, 4) is 5.75 Å². The second-order valence-corrected chi connectivity index (χ2v) is 5.60. The second kappa shape index (κ2) is 5.61. The average molecular weight is 324 g/mol. The number of aromatic nitrogens is 2. The van der Waals surface area contributed by atoms with E-state index >= 15 is 0 Å². The first-order valence-electron chi connectivity index (χ1n) is 4.96. The smallest absolute Gasteiger partial charge is 0.134 e. The molecule has 0 radical (unpaired) electrons. The molecule has 0 spiro atoms. The highest BCUT2D eigenvalue weighted by molar-refractivity contribution is 7.98. The zero-order chi connectivity index (χ0) is 13.3. The number of phenols is 1. The van der Waals surface area contributed by atoms with Gasteiger partial charge in [0.05, 0.1) is 15.7 Å². The molecule has 0 aliphatic heterocycles. The van der Waals surface area contributed by atoms with E-state index in [9.17, 15) is 5.11 Å². The molecule has 3 nitrogen and oxygen atoms in total. The topological polar surface area (TPSA) is 48.9 Å². The lowest BCUT2D eigenvalue weighted by atomic mass is 10.1. The maximum Gasteiger partial charge on any atom is 0.134 e. The number of halogens is 3. The molecule has 0 fully saturated rings. The normalized spacial score (nSPS) is 10.9. The molecule has 0 aliphatic rings. The lowest BCUT2D eigenvalue weighted by Gasteiger charge is -2.05. The van der Waals surface area contributed by atoms with Crippen molar-refractivity contribution in [3.05, 3.63) is 38.5 Å². The molecule has 0 saturated carbocycles. The Morgan fingerprint density at radius 1 is 1.28 bits per heavy atom. The van der Waals surface area contributed by atoms with E-state index in [1.807, 2.05) is 6.26 Å². The van der Waals surface area contributed by atoms with Gasteiger partial charge in [-0.3, -0.25) is 5.10 Å². The van der Waals surface area contributed by atoms with E-state index in [0.29, 0.717) is 22.2 Å². The molecular weight excluding hydrogens is 315 g/mol. The van der Waals surface area contributed by atoms with Gasteiger partial charge in [0.25, 0.3) is 0 Å². The van der Waals surface area contributed by atoms with Crippen LogP contribution < -0.4 is 0 Å². The van der Waals surface area contributed by atoms with Gasteiger partial charge in [-0.1, -0.05) is 34.8 Å². The third-order valence-corrected chi connectivity index (χ3v) is 4.30. The maximum absolute atomic E-state index is 9.57. The SMILES string of the molecule is CSc1[nH]nc(Cc2cc(O)c(Cl)cc2Cl)c1Cl. The minimum Gasteiger partial charge on any atom is -0.506 e. The summed E-state index contributed by atoms with van der Waals surface area (Å²) >= 11 is 19.5. The molecule has 0 amide bonds. The Balaban J connectivity index is 2.34. The zero-order valence-electron chi connectivity index (χ0n) is 9.30. The van der Waals surface area contributed by atoms with Crippen molar-refractivity contribution in [2.45, 2.75) is 11.4 Å². The van der Waals surface area contributed by atoms with Gasteiger partial charge in [-0.05, 0) is 24.0 Å². The van der Waals surface area contributed by atoms with Crippen LogP contribution >= 0.6 is 46.6 Å². The molecule has 2 N–H and O–H groups in total. The minimum atomic E-state index is -0.00665. The standard InChI is InChI=1S/C11H9Cl3N2OS/c1-18-11-10(14)8(15-16-11)2-5-3-9(17)7(13)4-6(5)12/h3-4,17H,2H2,1H3,(H,15,16). The van der Waals surface area contributed by atoms with Crippen molar-refractivity contribution in [2.75, 3.05) is 6.26 Å². The van der Waals surface area contributed by atoms with Gasteiger partial charge in [0.2, 0.25) is 0 Å². The highest BCUT2D eigenvalue weighted by atomic mass is 35.5. The van der Waals surface area contributed by atoms with Crippen molar-refractivity contribution < 1.29 is 5.11 Å². The molecule has 1 aromatic heterocycles. The number of rotatable bonds is 3. The molecule has 2 aromatic rings. The van der Waals surface area contributed by atoms with Crippen LogP contribution in [0, 0.1) is 0 Å². The predicted molar refractivity (Wildman–Crippen MR) is 76.3 cm³/mol. The summed E-state index contributed by atoms with van der Waals surface area (Å²) in [5.74, 6) is -0.00665. The van der Waals surface area contributed by atoms with Gasteiger partial charge >= 0.3 is 0 Å². The number of hydrogen-bond acceptors (Lipinski definition) is 3. The van der Waals surface area contributed by atoms with Crippen LogP contribution in [0.5, 0.6) is 5.75 Å². The summed E-state index contributed by atoms with van der Waals surface area (Å²) in [6.07, 6.45) is 2.34. The van der Waals surface area contributed by atoms with Gasteiger partial charge in [0, 0.05) is 11.4 Å².